The lowest BCUT2D eigenvalue weighted by Gasteiger charge is -2.36. The third-order valence-corrected chi connectivity index (χ3v) is 7.19. The van der Waals surface area contributed by atoms with Crippen LogP contribution < -0.4 is 4.74 Å². The number of carbonyl (C=O) groups is 2. The van der Waals surface area contributed by atoms with Gasteiger partial charge in [0.25, 0.3) is 0 Å². The predicted octanol–water partition coefficient (Wildman–Crippen LogP) is 7.05. The quantitative estimate of drug-likeness (QED) is 0.152. The van der Waals surface area contributed by atoms with Crippen LogP contribution in [0.4, 0.5) is 0 Å². The summed E-state index contributed by atoms with van der Waals surface area (Å²) >= 11 is 0. The van der Waals surface area contributed by atoms with Crippen LogP contribution in [0, 0.1) is 11.3 Å². The van der Waals surface area contributed by atoms with Crippen molar-refractivity contribution < 1.29 is 19.1 Å². The molecule has 1 aromatic carbocycles. The molecule has 1 aliphatic rings. The van der Waals surface area contributed by atoms with E-state index in [1.807, 2.05) is 43.0 Å². The van der Waals surface area contributed by atoms with Crippen LogP contribution in [0.1, 0.15) is 97.5 Å². The first-order valence-electron chi connectivity index (χ1n) is 13.7. The van der Waals surface area contributed by atoms with Crippen molar-refractivity contribution in [1.82, 2.24) is 4.90 Å². The normalized spacial score (nSPS) is 14.9. The summed E-state index contributed by atoms with van der Waals surface area (Å²) in [5.74, 6) is 1.31. The highest BCUT2D eigenvalue weighted by atomic mass is 16.5. The molecular formula is C30H47NO4. The second-order valence-corrected chi connectivity index (χ2v) is 10.4. The minimum atomic E-state index is -0.314. The van der Waals surface area contributed by atoms with Crippen molar-refractivity contribution in [3.8, 4) is 5.75 Å². The summed E-state index contributed by atoms with van der Waals surface area (Å²) in [7, 11) is 0. The molecule has 0 bridgehead atoms. The molecule has 1 saturated heterocycles. The van der Waals surface area contributed by atoms with E-state index < -0.39 is 0 Å². The van der Waals surface area contributed by atoms with E-state index in [1.54, 1.807) is 6.08 Å². The summed E-state index contributed by atoms with van der Waals surface area (Å²) in [6.07, 6.45) is 14.4. The van der Waals surface area contributed by atoms with E-state index in [4.69, 9.17) is 9.47 Å². The average molecular weight is 486 g/mol. The van der Waals surface area contributed by atoms with E-state index in [9.17, 15) is 9.59 Å². The number of hydrogen-bond donors (Lipinski definition) is 0. The van der Waals surface area contributed by atoms with Crippen molar-refractivity contribution in [3.63, 3.8) is 0 Å². The minimum absolute atomic E-state index is 0.257. The summed E-state index contributed by atoms with van der Waals surface area (Å²) < 4.78 is 11.2. The second-order valence-electron chi connectivity index (χ2n) is 10.4. The molecular weight excluding hydrogens is 438 g/mol. The number of unbranched alkanes of at least 4 members (excludes halogenated alkanes) is 5. The van der Waals surface area contributed by atoms with Gasteiger partial charge in [-0.2, -0.15) is 0 Å². The smallest absolute Gasteiger partial charge is 0.330 e. The number of piperidine rings is 1. The first-order valence-corrected chi connectivity index (χ1v) is 13.7. The molecule has 0 aromatic heterocycles. The Kier molecular flexibility index (Phi) is 12.9. The first kappa shape index (κ1) is 28.9. The maximum absolute atomic E-state index is 12.6. The Morgan fingerprint density at radius 2 is 1.63 bits per heavy atom. The SMILES string of the molecule is CCCCCCCCOc1ccc(/C=C/C(=O)OCCC2CCN(C(=O)C(C)(C)CC)CC2)cc1. The van der Waals surface area contributed by atoms with Crippen LogP contribution >= 0.6 is 0 Å². The number of likely N-dealkylation sites (tertiary alicyclic amines) is 1. The molecule has 2 rings (SSSR count). The Hall–Kier alpha value is -2.30. The minimum Gasteiger partial charge on any atom is -0.494 e. The number of nitrogens with zero attached hydrogens (tertiary/aromatic N) is 1. The van der Waals surface area contributed by atoms with Gasteiger partial charge in [0.2, 0.25) is 5.91 Å². The number of carbonyl (C=O) groups excluding carboxylic acids is 2. The Labute approximate surface area is 213 Å². The van der Waals surface area contributed by atoms with Crippen LogP contribution in [0.5, 0.6) is 5.75 Å². The monoisotopic (exact) mass is 485 g/mol. The van der Waals surface area contributed by atoms with Crippen LogP contribution in [-0.2, 0) is 14.3 Å². The zero-order valence-electron chi connectivity index (χ0n) is 22.5. The second kappa shape index (κ2) is 15.6. The van der Waals surface area contributed by atoms with Crippen molar-refractivity contribution in [3.05, 3.63) is 35.9 Å². The average Bonchev–Trinajstić information content (AvgIpc) is 2.87. The van der Waals surface area contributed by atoms with Crippen LogP contribution in [0.3, 0.4) is 0 Å². The Bertz CT molecular complexity index is 776. The van der Waals surface area contributed by atoms with Crippen molar-refractivity contribution >= 4 is 18.0 Å². The number of benzene rings is 1. The maximum atomic E-state index is 12.6. The molecule has 5 nitrogen and oxygen atoms in total. The molecule has 0 unspecified atom stereocenters. The number of ether oxygens (including phenoxy) is 2. The molecule has 0 N–H and O–H groups in total. The van der Waals surface area contributed by atoms with Gasteiger partial charge in [-0.3, -0.25) is 4.79 Å². The van der Waals surface area contributed by atoms with Crippen molar-refractivity contribution in [2.75, 3.05) is 26.3 Å². The number of hydrogen-bond acceptors (Lipinski definition) is 4. The molecule has 1 fully saturated rings. The molecule has 0 saturated carbocycles. The van der Waals surface area contributed by atoms with Gasteiger partial charge in [0.1, 0.15) is 5.75 Å². The van der Waals surface area contributed by atoms with Gasteiger partial charge >= 0.3 is 5.97 Å². The fourth-order valence-corrected chi connectivity index (χ4v) is 4.29. The largest absolute Gasteiger partial charge is 0.494 e. The summed E-state index contributed by atoms with van der Waals surface area (Å²) in [4.78, 5) is 26.7. The Balaban J connectivity index is 1.60. The molecule has 1 heterocycles. The molecule has 1 amide bonds. The standard InChI is InChI=1S/C30H47NO4/c1-5-7-8-9-10-11-23-34-27-15-12-25(13-16-27)14-17-28(32)35-24-20-26-18-21-31(22-19-26)29(33)30(3,4)6-2/h12-17,26H,5-11,18-24H2,1-4H3/b17-14+. The molecule has 196 valence electrons. The zero-order chi connectivity index (χ0) is 25.5. The highest BCUT2D eigenvalue weighted by Crippen LogP contribution is 2.27. The van der Waals surface area contributed by atoms with E-state index in [0.29, 0.717) is 12.5 Å². The van der Waals surface area contributed by atoms with E-state index in [2.05, 4.69) is 13.8 Å². The third kappa shape index (κ3) is 10.9. The molecule has 1 aromatic rings. The van der Waals surface area contributed by atoms with E-state index in [-0.39, 0.29) is 17.3 Å². The Morgan fingerprint density at radius 3 is 2.29 bits per heavy atom. The van der Waals surface area contributed by atoms with Crippen LogP contribution in [-0.4, -0.2) is 43.1 Å². The number of rotatable bonds is 15. The van der Waals surface area contributed by atoms with Gasteiger partial charge in [-0.25, -0.2) is 4.79 Å². The number of esters is 1. The summed E-state index contributed by atoms with van der Waals surface area (Å²) in [6.45, 7) is 11.1. The van der Waals surface area contributed by atoms with Gasteiger partial charge in [0.15, 0.2) is 0 Å². The maximum Gasteiger partial charge on any atom is 0.330 e. The lowest BCUT2D eigenvalue weighted by Crippen LogP contribution is -2.45. The molecule has 0 aliphatic carbocycles. The lowest BCUT2D eigenvalue weighted by atomic mass is 9.86. The third-order valence-electron chi connectivity index (χ3n) is 7.19. The van der Waals surface area contributed by atoms with Crippen LogP contribution in [0.2, 0.25) is 0 Å². The molecule has 35 heavy (non-hydrogen) atoms. The van der Waals surface area contributed by atoms with Gasteiger partial charge < -0.3 is 14.4 Å². The molecule has 0 spiro atoms. The fourth-order valence-electron chi connectivity index (χ4n) is 4.29. The molecule has 1 aliphatic heterocycles. The van der Waals surface area contributed by atoms with E-state index >= 15 is 0 Å². The fraction of sp³-hybridized carbons (Fsp3) is 0.667. The van der Waals surface area contributed by atoms with Crippen molar-refractivity contribution in [2.24, 2.45) is 11.3 Å². The van der Waals surface area contributed by atoms with Gasteiger partial charge in [0, 0.05) is 24.6 Å². The van der Waals surface area contributed by atoms with Crippen molar-refractivity contribution in [2.45, 2.75) is 91.9 Å². The van der Waals surface area contributed by atoms with E-state index in [1.165, 1.54) is 38.2 Å². The number of amides is 1. The van der Waals surface area contributed by atoms with Crippen LogP contribution in [0.25, 0.3) is 6.08 Å². The van der Waals surface area contributed by atoms with Crippen molar-refractivity contribution in [1.29, 1.82) is 0 Å². The summed E-state index contributed by atoms with van der Waals surface area (Å²) in [5, 5.41) is 0. The van der Waals surface area contributed by atoms with Crippen LogP contribution in [0.15, 0.2) is 30.3 Å². The highest BCUT2D eigenvalue weighted by Gasteiger charge is 2.32. The molecule has 0 atom stereocenters. The van der Waals surface area contributed by atoms with Gasteiger partial charge in [0.05, 0.1) is 13.2 Å². The van der Waals surface area contributed by atoms with Gasteiger partial charge in [-0.15, -0.1) is 0 Å². The molecule has 5 heteroatoms. The highest BCUT2D eigenvalue weighted by molar-refractivity contribution is 5.87. The Morgan fingerprint density at radius 1 is 0.971 bits per heavy atom. The summed E-state index contributed by atoms with van der Waals surface area (Å²) in [6, 6.07) is 7.80. The lowest BCUT2D eigenvalue weighted by molar-refractivity contribution is -0.142. The molecule has 0 radical (unpaired) electrons. The zero-order valence-corrected chi connectivity index (χ0v) is 22.5. The van der Waals surface area contributed by atoms with E-state index in [0.717, 1.165) is 63.1 Å². The van der Waals surface area contributed by atoms with Gasteiger partial charge in [-0.05, 0) is 61.8 Å². The summed E-state index contributed by atoms with van der Waals surface area (Å²) in [5.41, 5.74) is 0.663. The first-order chi connectivity index (χ1) is 16.9. The van der Waals surface area contributed by atoms with Gasteiger partial charge in [-0.1, -0.05) is 71.9 Å². The topological polar surface area (TPSA) is 55.8 Å². The predicted molar refractivity (Wildman–Crippen MR) is 143 cm³/mol.